The van der Waals surface area contributed by atoms with Crippen molar-refractivity contribution in [3.63, 3.8) is 0 Å². The van der Waals surface area contributed by atoms with Crippen LogP contribution in [-0.4, -0.2) is 4.40 Å². The van der Waals surface area contributed by atoms with E-state index in [1.54, 1.807) is 0 Å². The molecular weight excluding hydrogens is 1020 g/mol. The summed E-state index contributed by atoms with van der Waals surface area (Å²) >= 11 is 0. The second-order valence-electron chi connectivity index (χ2n) is 24.8. The molecule has 17 aromatic rings. The largest absolute Gasteiger partial charge is 0.454 e. The lowest BCUT2D eigenvalue weighted by Gasteiger charge is -2.28. The maximum Gasteiger partial charge on any atom is 0.160 e. The summed E-state index contributed by atoms with van der Waals surface area (Å²) in [6.07, 6.45) is 0. The SMILES string of the molecule is Cc1ccccc1N(c1cccc2c1oc1c(C(C)(C)C)cccc12)c1cc2c3ccccc3oc2c2c1c1cccc3c4c(N(c5ccccc5C)c5cccc6c5oc5c(C(C)(C)C)cccc56)cc5c6ccccc6oc5c4n2c13. The molecule has 0 amide bonds. The average molecular weight is 1080 g/mol. The zero-order valence-electron chi connectivity index (χ0n) is 47.5. The van der Waals surface area contributed by atoms with Gasteiger partial charge in [-0.1, -0.05) is 193 Å². The Kier molecular flexibility index (Phi) is 9.68. The van der Waals surface area contributed by atoms with Gasteiger partial charge in [0.2, 0.25) is 0 Å². The van der Waals surface area contributed by atoms with E-state index in [2.05, 4.69) is 270 Å². The molecule has 0 radical (unpaired) electrons. The number of benzene rings is 11. The molecule has 17 rings (SSSR count). The smallest absolute Gasteiger partial charge is 0.160 e. The van der Waals surface area contributed by atoms with Crippen LogP contribution in [0.25, 0.3) is 126 Å². The van der Waals surface area contributed by atoms with Crippen molar-refractivity contribution in [2.75, 3.05) is 9.80 Å². The summed E-state index contributed by atoms with van der Waals surface area (Å²) in [6, 6.07) is 72.3. The second kappa shape index (κ2) is 16.8. The van der Waals surface area contributed by atoms with Gasteiger partial charge in [-0.05, 0) is 84.3 Å². The zero-order chi connectivity index (χ0) is 55.9. The van der Waals surface area contributed by atoms with Gasteiger partial charge in [-0.2, -0.15) is 0 Å². The summed E-state index contributed by atoms with van der Waals surface area (Å²) in [5.74, 6) is 0. The highest BCUT2D eigenvalue weighted by Gasteiger charge is 2.34. The van der Waals surface area contributed by atoms with Gasteiger partial charge in [0.05, 0.1) is 28.3 Å². The molecule has 0 fully saturated rings. The lowest BCUT2D eigenvalue weighted by atomic mass is 9.86. The van der Waals surface area contributed by atoms with E-state index >= 15 is 0 Å². The Labute approximate surface area is 478 Å². The van der Waals surface area contributed by atoms with E-state index in [1.807, 2.05) is 0 Å². The van der Waals surface area contributed by atoms with Crippen molar-refractivity contribution in [3.8, 4) is 0 Å². The van der Waals surface area contributed by atoms with Crippen molar-refractivity contribution in [1.29, 1.82) is 0 Å². The Bertz CT molecular complexity index is 5250. The minimum absolute atomic E-state index is 0.147. The standard InChI is InChI=1S/C76H57N3O4/c1-42-22-9-13-34-56(42)77(58-36-20-28-48-46-26-18-32-54(75(3,4)5)69(46)82-71(48)58)60-40-52-44-24-11-15-38-62(44)80-73(52)67-64(60)50-30-17-31-51-65-61(41-53-45-25-12-16-39-63(45)81-74(53)68(65)79(67)66(50)51)78(57-35-14-10-23-43(57)2)59-37-21-29-49-47-27-19-33-55(76(6,7)8)70(47)83-72(49)59/h9-41H,1-8H3. The average Bonchev–Trinajstić information content (AvgIpc) is 1.85. The summed E-state index contributed by atoms with van der Waals surface area (Å²) in [6.45, 7) is 18.0. The fourth-order valence-corrected chi connectivity index (χ4v) is 14.0. The molecule has 0 spiro atoms. The molecule has 0 aliphatic rings. The van der Waals surface area contributed by atoms with Crippen molar-refractivity contribution >= 4 is 160 Å². The molecule has 400 valence electrons. The molecule has 0 N–H and O–H groups in total. The summed E-state index contributed by atoms with van der Waals surface area (Å²) < 4.78 is 31.7. The van der Waals surface area contributed by atoms with Crippen molar-refractivity contribution in [3.05, 3.63) is 222 Å². The molecule has 6 aromatic heterocycles. The van der Waals surface area contributed by atoms with Crippen LogP contribution in [0.4, 0.5) is 34.1 Å². The highest BCUT2D eigenvalue weighted by Crippen LogP contribution is 2.56. The van der Waals surface area contributed by atoms with E-state index < -0.39 is 0 Å². The number of fused-ring (bicyclic) bond motifs is 20. The highest BCUT2D eigenvalue weighted by atomic mass is 16.3. The monoisotopic (exact) mass is 1080 g/mol. The Morgan fingerprint density at radius 1 is 0.289 bits per heavy atom. The third kappa shape index (κ3) is 6.56. The van der Waals surface area contributed by atoms with E-state index in [0.717, 1.165) is 171 Å². The van der Waals surface area contributed by atoms with Gasteiger partial charge in [0, 0.05) is 87.1 Å². The first-order valence-corrected chi connectivity index (χ1v) is 28.8. The molecule has 0 unspecified atom stereocenters. The molecule has 0 bridgehead atoms. The second-order valence-corrected chi connectivity index (χ2v) is 24.8. The number of anilines is 6. The first-order chi connectivity index (χ1) is 40.3. The van der Waals surface area contributed by atoms with Crippen LogP contribution in [0, 0.1) is 13.8 Å². The number of para-hydroxylation sites is 9. The maximum atomic E-state index is 7.30. The molecule has 7 heteroatoms. The van der Waals surface area contributed by atoms with Crippen molar-refractivity contribution in [2.45, 2.75) is 66.2 Å². The van der Waals surface area contributed by atoms with Crippen molar-refractivity contribution < 1.29 is 17.7 Å². The van der Waals surface area contributed by atoms with Gasteiger partial charge in [0.1, 0.15) is 33.4 Å². The maximum absolute atomic E-state index is 7.30. The number of furan rings is 4. The fraction of sp³-hybridized carbons (Fsp3) is 0.132. The molecule has 0 aliphatic carbocycles. The van der Waals surface area contributed by atoms with Gasteiger partial charge < -0.3 is 31.9 Å². The van der Waals surface area contributed by atoms with E-state index in [1.165, 1.54) is 11.1 Å². The van der Waals surface area contributed by atoms with Crippen molar-refractivity contribution in [1.82, 2.24) is 4.40 Å². The van der Waals surface area contributed by atoms with Gasteiger partial charge in [0.25, 0.3) is 0 Å². The molecule has 0 saturated carbocycles. The van der Waals surface area contributed by atoms with Crippen LogP contribution in [-0.2, 0) is 10.8 Å². The van der Waals surface area contributed by atoms with Gasteiger partial charge in [-0.25, -0.2) is 0 Å². The molecule has 0 atom stereocenters. The highest BCUT2D eigenvalue weighted by molar-refractivity contribution is 6.36. The van der Waals surface area contributed by atoms with Crippen LogP contribution < -0.4 is 9.80 Å². The zero-order valence-corrected chi connectivity index (χ0v) is 47.5. The molecule has 7 nitrogen and oxygen atoms in total. The molecule has 0 saturated heterocycles. The first kappa shape index (κ1) is 47.8. The van der Waals surface area contributed by atoms with Gasteiger partial charge >= 0.3 is 0 Å². The minimum atomic E-state index is -0.147. The quantitative estimate of drug-likeness (QED) is 0.165. The van der Waals surface area contributed by atoms with Crippen molar-refractivity contribution in [2.24, 2.45) is 0 Å². The summed E-state index contributed by atoms with van der Waals surface area (Å²) in [5.41, 5.74) is 20.0. The number of hydrogen-bond acceptors (Lipinski definition) is 6. The Hall–Kier alpha value is -9.98. The van der Waals surface area contributed by atoms with E-state index in [4.69, 9.17) is 17.7 Å². The summed E-state index contributed by atoms with van der Waals surface area (Å²) in [7, 11) is 0. The van der Waals surface area contributed by atoms with E-state index in [0.29, 0.717) is 0 Å². The Balaban J connectivity index is 1.07. The number of aryl methyl sites for hydroxylation is 2. The third-order valence-electron chi connectivity index (χ3n) is 17.8. The first-order valence-electron chi connectivity index (χ1n) is 28.8. The predicted molar refractivity (Wildman–Crippen MR) is 346 cm³/mol. The van der Waals surface area contributed by atoms with Gasteiger partial charge in [0.15, 0.2) is 22.3 Å². The van der Waals surface area contributed by atoms with Crippen LogP contribution in [0.5, 0.6) is 0 Å². The molecule has 11 aromatic carbocycles. The summed E-state index contributed by atoms with van der Waals surface area (Å²) in [4.78, 5) is 4.90. The van der Waals surface area contributed by atoms with E-state index in [-0.39, 0.29) is 10.8 Å². The fourth-order valence-electron chi connectivity index (χ4n) is 14.0. The predicted octanol–water partition coefficient (Wildman–Crippen LogP) is 22.6. The lowest BCUT2D eigenvalue weighted by Crippen LogP contribution is -2.12. The van der Waals surface area contributed by atoms with E-state index in [9.17, 15) is 0 Å². The molecule has 0 aliphatic heterocycles. The summed E-state index contributed by atoms with van der Waals surface area (Å²) in [5, 5.41) is 12.7. The lowest BCUT2D eigenvalue weighted by molar-refractivity contribution is 0.572. The van der Waals surface area contributed by atoms with Crippen LogP contribution in [0.3, 0.4) is 0 Å². The van der Waals surface area contributed by atoms with Gasteiger partial charge in [-0.3, -0.25) is 0 Å². The number of nitrogens with zero attached hydrogens (tertiary/aromatic N) is 3. The van der Waals surface area contributed by atoms with Crippen LogP contribution in [0.2, 0.25) is 0 Å². The number of aromatic nitrogens is 1. The molecule has 83 heavy (non-hydrogen) atoms. The van der Waals surface area contributed by atoms with Crippen LogP contribution in [0.15, 0.2) is 218 Å². The Morgan fingerprint density at radius 2 is 0.639 bits per heavy atom. The Morgan fingerprint density at radius 3 is 1.07 bits per heavy atom. The minimum Gasteiger partial charge on any atom is -0.454 e. The van der Waals surface area contributed by atoms with Crippen LogP contribution >= 0.6 is 0 Å². The number of hydrogen-bond donors (Lipinski definition) is 0. The van der Waals surface area contributed by atoms with Crippen LogP contribution in [0.1, 0.15) is 63.8 Å². The van der Waals surface area contributed by atoms with Gasteiger partial charge in [-0.15, -0.1) is 0 Å². The normalized spacial score (nSPS) is 12.8. The number of rotatable bonds is 6. The topological polar surface area (TPSA) is 63.5 Å². The third-order valence-corrected chi connectivity index (χ3v) is 17.8. The molecule has 6 heterocycles. The molecular formula is C76H57N3O4.